The Bertz CT molecular complexity index is 1240. The zero-order chi connectivity index (χ0) is 30.5. The molecule has 0 radical (unpaired) electrons. The van der Waals surface area contributed by atoms with Gasteiger partial charge in [-0.05, 0) is 74.6 Å². The van der Waals surface area contributed by atoms with Crippen LogP contribution in [0, 0.1) is 11.8 Å². The number of phenolic OH excluding ortho intramolecular Hbond substituents is 1. The molecule has 2 aromatic carbocycles. The lowest BCUT2D eigenvalue weighted by molar-refractivity contribution is -0.945. The van der Waals surface area contributed by atoms with Crippen molar-refractivity contribution in [1.82, 2.24) is 5.32 Å². The van der Waals surface area contributed by atoms with Gasteiger partial charge < -0.3 is 19.6 Å². The molecule has 6 heteroatoms. The number of likely N-dealkylation sites (tertiary alicyclic amines) is 1. The van der Waals surface area contributed by atoms with Crippen LogP contribution in [0.4, 0.5) is 0 Å². The molecule has 0 spiro atoms. The van der Waals surface area contributed by atoms with Crippen LogP contribution in [0.1, 0.15) is 96.1 Å². The zero-order valence-corrected chi connectivity index (χ0v) is 26.7. The number of piperidine rings is 1. The molecular weight excluding hydrogens is 536 g/mol. The summed E-state index contributed by atoms with van der Waals surface area (Å²) in [6, 6.07) is 18.1. The van der Waals surface area contributed by atoms with Crippen molar-refractivity contribution in [3.8, 4) is 5.75 Å². The Morgan fingerprint density at radius 3 is 2.51 bits per heavy atom. The van der Waals surface area contributed by atoms with Gasteiger partial charge >= 0.3 is 5.97 Å². The first kappa shape index (κ1) is 31.6. The summed E-state index contributed by atoms with van der Waals surface area (Å²) >= 11 is 0. The number of hydrogen-bond acceptors (Lipinski definition) is 4. The van der Waals surface area contributed by atoms with Crippen molar-refractivity contribution in [3.05, 3.63) is 65.7 Å². The smallest absolute Gasteiger partial charge is 0.303 e. The fraction of sp³-hybridized carbons (Fsp3) is 0.622. The highest BCUT2D eigenvalue weighted by Crippen LogP contribution is 2.56. The van der Waals surface area contributed by atoms with Gasteiger partial charge in [-0.15, -0.1) is 0 Å². The summed E-state index contributed by atoms with van der Waals surface area (Å²) in [4.78, 5) is 26.0. The molecule has 3 aliphatic rings. The minimum Gasteiger partial charge on any atom is -0.508 e. The molecule has 1 unspecified atom stereocenters. The van der Waals surface area contributed by atoms with Crippen LogP contribution in [0.3, 0.4) is 0 Å². The number of ether oxygens (including phenoxy) is 1. The maximum atomic E-state index is 13.2. The van der Waals surface area contributed by atoms with Crippen LogP contribution in [0.2, 0.25) is 0 Å². The molecule has 2 N–H and O–H groups in total. The number of quaternary nitrogens is 1. The first-order valence-corrected chi connectivity index (χ1v) is 16.8. The summed E-state index contributed by atoms with van der Waals surface area (Å²) in [6.07, 6.45) is 10.3. The minimum atomic E-state index is -0.673. The van der Waals surface area contributed by atoms with Crippen molar-refractivity contribution in [2.24, 2.45) is 11.8 Å². The van der Waals surface area contributed by atoms with Crippen molar-refractivity contribution in [2.75, 3.05) is 26.2 Å². The van der Waals surface area contributed by atoms with Gasteiger partial charge in [0.05, 0.1) is 19.6 Å². The van der Waals surface area contributed by atoms with Gasteiger partial charge in [0, 0.05) is 43.1 Å². The summed E-state index contributed by atoms with van der Waals surface area (Å²) in [5.41, 5.74) is 1.24. The maximum absolute atomic E-state index is 13.2. The molecule has 1 saturated heterocycles. The summed E-state index contributed by atoms with van der Waals surface area (Å²) in [5.74, 6) is 1.43. The van der Waals surface area contributed by atoms with Gasteiger partial charge in [0.25, 0.3) is 0 Å². The quantitative estimate of drug-likeness (QED) is 0.155. The molecule has 2 aliphatic carbocycles. The third-order valence-electron chi connectivity index (χ3n) is 10.4. The lowest BCUT2D eigenvalue weighted by Gasteiger charge is -2.62. The predicted molar refractivity (Wildman–Crippen MR) is 171 cm³/mol. The highest BCUT2D eigenvalue weighted by Gasteiger charge is 2.65. The van der Waals surface area contributed by atoms with Gasteiger partial charge in [0.2, 0.25) is 5.91 Å². The molecule has 3 fully saturated rings. The SMILES string of the molecule is CC(=O)OC12CC[C@H](NC(=O)CCCCCc3ccccc3)C[C@@]1(c1cccc(O)c1)CC[N@+](CC(C)C)(CC1CC1)C2. The third-order valence-corrected chi connectivity index (χ3v) is 10.4. The number of nitrogens with zero attached hydrogens (tertiary/aromatic N) is 1. The van der Waals surface area contributed by atoms with Crippen LogP contribution in [0.25, 0.3) is 0 Å². The number of fused-ring (bicyclic) bond motifs is 1. The first-order valence-electron chi connectivity index (χ1n) is 16.8. The second-order valence-corrected chi connectivity index (χ2v) is 14.4. The lowest BCUT2D eigenvalue weighted by atomic mass is 9.54. The first-order chi connectivity index (χ1) is 20.6. The van der Waals surface area contributed by atoms with Gasteiger partial charge in [-0.25, -0.2) is 0 Å². The number of carbonyl (C=O) groups excluding carboxylic acids is 2. The third kappa shape index (κ3) is 7.63. The van der Waals surface area contributed by atoms with Crippen molar-refractivity contribution < 1.29 is 23.9 Å². The van der Waals surface area contributed by atoms with E-state index >= 15 is 0 Å². The molecule has 0 bridgehead atoms. The van der Waals surface area contributed by atoms with Gasteiger partial charge in [0.1, 0.15) is 12.3 Å². The molecule has 2 aromatic rings. The van der Waals surface area contributed by atoms with Gasteiger partial charge in [-0.2, -0.15) is 0 Å². The summed E-state index contributed by atoms with van der Waals surface area (Å²) < 4.78 is 7.55. The van der Waals surface area contributed by atoms with Crippen LogP contribution in [-0.2, 0) is 26.2 Å². The average Bonchev–Trinajstić information content (AvgIpc) is 3.76. The number of esters is 1. The minimum absolute atomic E-state index is 0.0105. The van der Waals surface area contributed by atoms with E-state index in [9.17, 15) is 14.7 Å². The Balaban J connectivity index is 1.33. The molecule has 6 nitrogen and oxygen atoms in total. The second-order valence-electron chi connectivity index (χ2n) is 14.4. The number of nitrogens with one attached hydrogen (secondary N) is 1. The molecule has 5 rings (SSSR count). The van der Waals surface area contributed by atoms with E-state index in [4.69, 9.17) is 4.74 Å². The number of benzene rings is 2. The molecule has 2 saturated carbocycles. The highest BCUT2D eigenvalue weighted by atomic mass is 16.6. The number of phenols is 1. The fourth-order valence-corrected chi connectivity index (χ4v) is 8.62. The van der Waals surface area contributed by atoms with E-state index in [-0.39, 0.29) is 23.7 Å². The van der Waals surface area contributed by atoms with E-state index in [1.807, 2.05) is 18.2 Å². The standard InChI is InChI=1S/C37H52N2O4/c1-28(2)25-39(26-31-17-18-31)22-21-36(32-14-10-15-34(41)23-32)24-33(19-20-37(36,27-39)43-29(3)40)38-35(42)16-9-5-8-13-30-11-6-4-7-12-30/h4,6-7,10-12,14-15,23,28,31,33H,5,8-9,13,16-22,24-27H2,1-3H3,(H-,38,41,42)/p+1/t33-,36+,37?,39-/m0/s1. The monoisotopic (exact) mass is 589 g/mol. The lowest BCUT2D eigenvalue weighted by Crippen LogP contribution is -2.74. The molecule has 1 heterocycles. The summed E-state index contributed by atoms with van der Waals surface area (Å²) in [7, 11) is 0. The number of aromatic hydroxyl groups is 1. The molecule has 1 amide bonds. The van der Waals surface area contributed by atoms with Crippen LogP contribution in [0.15, 0.2) is 54.6 Å². The number of unbranched alkanes of at least 4 members (excludes halogenated alkanes) is 2. The summed E-state index contributed by atoms with van der Waals surface area (Å²) in [6.45, 7) is 10.2. The Morgan fingerprint density at radius 2 is 1.81 bits per heavy atom. The summed E-state index contributed by atoms with van der Waals surface area (Å²) in [5, 5.41) is 14.0. The largest absolute Gasteiger partial charge is 0.508 e. The van der Waals surface area contributed by atoms with E-state index in [1.54, 1.807) is 13.0 Å². The Kier molecular flexibility index (Phi) is 9.85. The fourth-order valence-electron chi connectivity index (χ4n) is 8.62. The van der Waals surface area contributed by atoms with E-state index < -0.39 is 11.0 Å². The molecule has 0 aromatic heterocycles. The van der Waals surface area contributed by atoms with Crippen molar-refractivity contribution >= 4 is 11.9 Å². The van der Waals surface area contributed by atoms with Crippen molar-refractivity contribution in [3.63, 3.8) is 0 Å². The Hall–Kier alpha value is -2.86. The topological polar surface area (TPSA) is 75.6 Å². The van der Waals surface area contributed by atoms with Gasteiger partial charge in [-0.1, -0.05) is 62.7 Å². The highest BCUT2D eigenvalue weighted by molar-refractivity contribution is 5.76. The van der Waals surface area contributed by atoms with Crippen LogP contribution in [0.5, 0.6) is 5.75 Å². The maximum Gasteiger partial charge on any atom is 0.303 e. The molecule has 234 valence electrons. The van der Waals surface area contributed by atoms with Crippen molar-refractivity contribution in [1.29, 1.82) is 0 Å². The molecule has 43 heavy (non-hydrogen) atoms. The van der Waals surface area contributed by atoms with E-state index in [0.717, 1.165) is 80.7 Å². The molecule has 4 atom stereocenters. The Labute approximate surface area is 258 Å². The number of amides is 1. The zero-order valence-electron chi connectivity index (χ0n) is 26.7. The number of hydrogen-bond donors (Lipinski definition) is 2. The van der Waals surface area contributed by atoms with Gasteiger partial charge in [-0.3, -0.25) is 9.59 Å². The number of rotatable bonds is 13. The molecular formula is C37H53N2O4+. The molecule has 1 aliphatic heterocycles. The number of aryl methyl sites for hydroxylation is 1. The second kappa shape index (κ2) is 13.4. The normalized spacial score (nSPS) is 28.7. The van der Waals surface area contributed by atoms with Crippen LogP contribution in [-0.4, -0.2) is 59.3 Å². The average molecular weight is 590 g/mol. The Morgan fingerprint density at radius 1 is 1.02 bits per heavy atom. The van der Waals surface area contributed by atoms with Crippen molar-refractivity contribution in [2.45, 2.75) is 108 Å². The van der Waals surface area contributed by atoms with E-state index in [0.29, 0.717) is 25.2 Å². The van der Waals surface area contributed by atoms with Crippen LogP contribution < -0.4 is 5.32 Å². The van der Waals surface area contributed by atoms with E-state index in [2.05, 4.69) is 49.5 Å². The van der Waals surface area contributed by atoms with Crippen LogP contribution >= 0.6 is 0 Å². The predicted octanol–water partition coefficient (Wildman–Crippen LogP) is 6.69. The van der Waals surface area contributed by atoms with Gasteiger partial charge in [0.15, 0.2) is 5.60 Å². The van der Waals surface area contributed by atoms with E-state index in [1.165, 1.54) is 18.4 Å². The number of carbonyl (C=O) groups is 2.